The van der Waals surface area contributed by atoms with E-state index in [2.05, 4.69) is 19.9 Å². The van der Waals surface area contributed by atoms with E-state index in [0.29, 0.717) is 13.1 Å². The summed E-state index contributed by atoms with van der Waals surface area (Å²) in [7, 11) is -1.72. The largest absolute Gasteiger partial charge is 0.381 e. The molecule has 26 heavy (non-hydrogen) atoms. The lowest BCUT2D eigenvalue weighted by molar-refractivity contribution is 0.156. The minimum absolute atomic E-state index is 0.269. The number of likely N-dealkylation sites (tertiary alicyclic amines) is 1. The van der Waals surface area contributed by atoms with Crippen LogP contribution in [0.15, 0.2) is 34.2 Å². The molecule has 2 aliphatic heterocycles. The average molecular weight is 381 g/mol. The third-order valence-corrected chi connectivity index (χ3v) is 6.64. The highest BCUT2D eigenvalue weighted by Gasteiger charge is 2.42. The number of ether oxygens (including phenoxy) is 1. The Morgan fingerprint density at radius 2 is 2.04 bits per heavy atom. The molecule has 1 spiro atoms. The zero-order valence-corrected chi connectivity index (χ0v) is 16.3. The molecular weight excluding hydrogens is 352 g/mol. The molecule has 0 bridgehead atoms. The van der Waals surface area contributed by atoms with Crippen molar-refractivity contribution in [1.82, 2.24) is 14.9 Å². The minimum atomic E-state index is -3.48. The van der Waals surface area contributed by atoms with E-state index < -0.39 is 10.0 Å². The van der Waals surface area contributed by atoms with Gasteiger partial charge in [-0.3, -0.25) is 4.99 Å². The van der Waals surface area contributed by atoms with Gasteiger partial charge in [-0.15, -0.1) is 0 Å². The second-order valence-corrected chi connectivity index (χ2v) is 8.93. The first kappa shape index (κ1) is 19.1. The SMILES string of the molecule is CN=C(NCCNS(=O)(=O)c1ccc(C)cc1)N1CCC2(CCOC2)C1. The number of hydrogen-bond acceptors (Lipinski definition) is 4. The monoisotopic (exact) mass is 380 g/mol. The molecule has 2 fully saturated rings. The lowest BCUT2D eigenvalue weighted by atomic mass is 9.87. The van der Waals surface area contributed by atoms with Crippen molar-refractivity contribution in [2.24, 2.45) is 10.4 Å². The molecule has 7 nitrogen and oxygen atoms in total. The van der Waals surface area contributed by atoms with Crippen molar-refractivity contribution < 1.29 is 13.2 Å². The molecule has 0 aliphatic carbocycles. The van der Waals surface area contributed by atoms with Gasteiger partial charge in [0, 0.05) is 45.2 Å². The van der Waals surface area contributed by atoms with Crippen LogP contribution in [-0.2, 0) is 14.8 Å². The van der Waals surface area contributed by atoms with Gasteiger partial charge in [-0.25, -0.2) is 13.1 Å². The molecule has 0 aromatic heterocycles. The lowest BCUT2D eigenvalue weighted by Gasteiger charge is -2.25. The van der Waals surface area contributed by atoms with Crippen LogP contribution in [-0.4, -0.2) is 65.7 Å². The van der Waals surface area contributed by atoms with E-state index >= 15 is 0 Å². The number of aliphatic imine (C=N–C) groups is 1. The Hall–Kier alpha value is -1.64. The third-order valence-electron chi connectivity index (χ3n) is 5.17. The van der Waals surface area contributed by atoms with Crippen molar-refractivity contribution in [3.05, 3.63) is 29.8 Å². The molecule has 2 heterocycles. The molecule has 2 saturated heterocycles. The van der Waals surface area contributed by atoms with E-state index in [0.717, 1.165) is 50.7 Å². The standard InChI is InChI=1S/C18H28N4O3S/c1-15-3-5-16(6-4-15)26(23,24)21-10-9-20-17(19-2)22-11-7-18(13-22)8-12-25-14-18/h3-6,21H,7-14H2,1-2H3,(H,19,20). The van der Waals surface area contributed by atoms with Gasteiger partial charge in [-0.05, 0) is 31.9 Å². The Labute approximate surface area is 155 Å². The number of nitrogens with zero attached hydrogens (tertiary/aromatic N) is 2. The highest BCUT2D eigenvalue weighted by Crippen LogP contribution is 2.38. The summed E-state index contributed by atoms with van der Waals surface area (Å²) in [5.41, 5.74) is 1.30. The number of hydrogen-bond donors (Lipinski definition) is 2. The van der Waals surface area contributed by atoms with Gasteiger partial charge in [0.2, 0.25) is 10.0 Å². The molecule has 144 valence electrons. The Balaban J connectivity index is 1.47. The summed E-state index contributed by atoms with van der Waals surface area (Å²) in [5, 5.41) is 3.26. The number of benzene rings is 1. The minimum Gasteiger partial charge on any atom is -0.381 e. The van der Waals surface area contributed by atoms with Crippen LogP contribution in [0.1, 0.15) is 18.4 Å². The fraction of sp³-hybridized carbons (Fsp3) is 0.611. The Morgan fingerprint density at radius 3 is 2.69 bits per heavy atom. The normalized spacial score (nSPS) is 23.8. The van der Waals surface area contributed by atoms with E-state index in [1.54, 1.807) is 31.3 Å². The summed E-state index contributed by atoms with van der Waals surface area (Å²) in [4.78, 5) is 6.87. The highest BCUT2D eigenvalue weighted by molar-refractivity contribution is 7.89. The van der Waals surface area contributed by atoms with Crippen LogP contribution >= 0.6 is 0 Å². The van der Waals surface area contributed by atoms with Gasteiger partial charge in [0.05, 0.1) is 11.5 Å². The van der Waals surface area contributed by atoms with E-state index in [1.807, 2.05) is 6.92 Å². The molecule has 0 radical (unpaired) electrons. The molecule has 0 saturated carbocycles. The van der Waals surface area contributed by atoms with Crippen LogP contribution in [0, 0.1) is 12.3 Å². The Kier molecular flexibility index (Phi) is 5.84. The molecule has 1 unspecified atom stereocenters. The first-order chi connectivity index (χ1) is 12.4. The van der Waals surface area contributed by atoms with E-state index in [9.17, 15) is 8.42 Å². The van der Waals surface area contributed by atoms with Gasteiger partial charge >= 0.3 is 0 Å². The van der Waals surface area contributed by atoms with Crippen molar-refractivity contribution in [3.63, 3.8) is 0 Å². The Bertz CT molecular complexity index is 740. The molecule has 8 heteroatoms. The predicted molar refractivity (Wildman–Crippen MR) is 102 cm³/mol. The number of guanidine groups is 1. The van der Waals surface area contributed by atoms with E-state index in [-0.39, 0.29) is 10.3 Å². The Morgan fingerprint density at radius 1 is 1.27 bits per heavy atom. The fourth-order valence-corrected chi connectivity index (χ4v) is 4.61. The maximum absolute atomic E-state index is 12.3. The summed E-state index contributed by atoms with van der Waals surface area (Å²) >= 11 is 0. The van der Waals surface area contributed by atoms with Crippen molar-refractivity contribution >= 4 is 16.0 Å². The number of sulfonamides is 1. The molecule has 0 amide bonds. The summed E-state index contributed by atoms with van der Waals surface area (Å²) in [6, 6.07) is 6.84. The smallest absolute Gasteiger partial charge is 0.240 e. The molecule has 1 atom stereocenters. The lowest BCUT2D eigenvalue weighted by Crippen LogP contribution is -2.44. The first-order valence-electron chi connectivity index (χ1n) is 9.04. The summed E-state index contributed by atoms with van der Waals surface area (Å²) in [5.74, 6) is 0.823. The fourth-order valence-electron chi connectivity index (χ4n) is 3.58. The highest BCUT2D eigenvalue weighted by atomic mass is 32.2. The zero-order chi connectivity index (χ0) is 18.6. The molecule has 2 N–H and O–H groups in total. The van der Waals surface area contributed by atoms with Gasteiger partial charge in [0.15, 0.2) is 5.96 Å². The second kappa shape index (κ2) is 7.94. The average Bonchev–Trinajstić information content (AvgIpc) is 3.25. The molecule has 1 aromatic rings. The topological polar surface area (TPSA) is 83.0 Å². The van der Waals surface area contributed by atoms with E-state index in [4.69, 9.17) is 4.74 Å². The summed E-state index contributed by atoms with van der Waals surface area (Å²) < 4.78 is 32.8. The van der Waals surface area contributed by atoms with Crippen LogP contribution in [0.25, 0.3) is 0 Å². The summed E-state index contributed by atoms with van der Waals surface area (Å²) in [6.07, 6.45) is 2.23. The van der Waals surface area contributed by atoms with Gasteiger partial charge in [0.1, 0.15) is 0 Å². The number of rotatable bonds is 5. The zero-order valence-electron chi connectivity index (χ0n) is 15.5. The summed E-state index contributed by atoms with van der Waals surface area (Å²) in [6.45, 7) is 6.30. The molecular formula is C18H28N4O3S. The van der Waals surface area contributed by atoms with Crippen LogP contribution in [0.3, 0.4) is 0 Å². The number of aryl methyl sites for hydroxylation is 1. The van der Waals surface area contributed by atoms with Gasteiger partial charge in [-0.2, -0.15) is 0 Å². The molecule has 3 rings (SSSR count). The van der Waals surface area contributed by atoms with E-state index in [1.165, 1.54) is 0 Å². The third kappa shape index (κ3) is 4.36. The van der Waals surface area contributed by atoms with Crippen LogP contribution in [0.4, 0.5) is 0 Å². The van der Waals surface area contributed by atoms with Gasteiger partial charge in [0.25, 0.3) is 0 Å². The molecule has 2 aliphatic rings. The maximum Gasteiger partial charge on any atom is 0.240 e. The van der Waals surface area contributed by atoms with Gasteiger partial charge in [-0.1, -0.05) is 17.7 Å². The van der Waals surface area contributed by atoms with Crippen molar-refractivity contribution in [3.8, 4) is 0 Å². The quantitative estimate of drug-likeness (QED) is 0.452. The van der Waals surface area contributed by atoms with Crippen molar-refractivity contribution in [1.29, 1.82) is 0 Å². The van der Waals surface area contributed by atoms with Crippen LogP contribution in [0.2, 0.25) is 0 Å². The molecule has 1 aromatic carbocycles. The van der Waals surface area contributed by atoms with Crippen molar-refractivity contribution in [2.45, 2.75) is 24.7 Å². The number of nitrogens with one attached hydrogen (secondary N) is 2. The second-order valence-electron chi connectivity index (χ2n) is 7.16. The predicted octanol–water partition coefficient (Wildman–Crippen LogP) is 0.961. The first-order valence-corrected chi connectivity index (χ1v) is 10.5. The van der Waals surface area contributed by atoms with Gasteiger partial charge < -0.3 is 15.0 Å². The van der Waals surface area contributed by atoms with Crippen LogP contribution in [0.5, 0.6) is 0 Å². The van der Waals surface area contributed by atoms with Crippen molar-refractivity contribution in [2.75, 3.05) is 46.4 Å². The van der Waals surface area contributed by atoms with Crippen LogP contribution < -0.4 is 10.0 Å². The maximum atomic E-state index is 12.3.